The molecule has 0 fully saturated rings. The fraction of sp³-hybridized carbons (Fsp3) is 0.278. The minimum Gasteiger partial charge on any atom is -0.354 e. The van der Waals surface area contributed by atoms with E-state index < -0.39 is 28.5 Å². The number of carbonyl (C=O) groups excluding carboxylic acids is 2. The van der Waals surface area contributed by atoms with E-state index in [9.17, 15) is 18.0 Å². The highest BCUT2D eigenvalue weighted by Gasteiger charge is 2.35. The maximum atomic E-state index is 14.6. The number of hydrogen-bond donors (Lipinski definition) is 1. The van der Waals surface area contributed by atoms with Crippen molar-refractivity contribution in [2.45, 2.75) is 51.6 Å². The maximum Gasteiger partial charge on any atom is 0.264 e. The van der Waals surface area contributed by atoms with Crippen molar-refractivity contribution < 1.29 is 18.0 Å². The van der Waals surface area contributed by atoms with Crippen molar-refractivity contribution in [1.29, 1.82) is 0 Å². The van der Waals surface area contributed by atoms with Crippen LogP contribution in [0.1, 0.15) is 36.1 Å². The van der Waals surface area contributed by atoms with Crippen molar-refractivity contribution in [2.24, 2.45) is 5.92 Å². The van der Waals surface area contributed by atoms with Gasteiger partial charge in [-0.3, -0.25) is 13.9 Å². The number of rotatable bonds is 13. The third-order valence-electron chi connectivity index (χ3n) is 7.65. The fourth-order valence-electron chi connectivity index (χ4n) is 5.00. The van der Waals surface area contributed by atoms with Crippen molar-refractivity contribution in [2.75, 3.05) is 17.4 Å². The quantitative estimate of drug-likeness (QED) is 0.162. The number of anilines is 1. The molecule has 0 aliphatic carbocycles. The van der Waals surface area contributed by atoms with E-state index in [0.29, 0.717) is 27.7 Å². The van der Waals surface area contributed by atoms with Gasteiger partial charge in [-0.15, -0.1) is 0 Å². The lowest BCUT2D eigenvalue weighted by molar-refractivity contribution is -0.140. The Morgan fingerprint density at radius 3 is 2.09 bits per heavy atom. The van der Waals surface area contributed by atoms with Gasteiger partial charge in [-0.25, -0.2) is 8.42 Å². The molecule has 4 rings (SSSR count). The van der Waals surface area contributed by atoms with Gasteiger partial charge in [0.2, 0.25) is 11.8 Å². The van der Waals surface area contributed by atoms with E-state index in [0.717, 1.165) is 15.4 Å². The Kier molecular flexibility index (Phi) is 11.9. The molecule has 46 heavy (non-hydrogen) atoms. The summed E-state index contributed by atoms with van der Waals surface area (Å²) in [5.74, 6) is -0.740. The lowest BCUT2D eigenvalue weighted by Crippen LogP contribution is -2.53. The number of carbonyl (C=O) groups is 2. The van der Waals surface area contributed by atoms with Crippen LogP contribution >= 0.6 is 23.2 Å². The number of amides is 2. The minimum atomic E-state index is -4.25. The molecule has 0 saturated carbocycles. The first-order chi connectivity index (χ1) is 21.9. The Morgan fingerprint density at radius 1 is 0.804 bits per heavy atom. The van der Waals surface area contributed by atoms with Gasteiger partial charge in [0.25, 0.3) is 10.0 Å². The number of aryl methyl sites for hydroxylation is 1. The Labute approximate surface area is 282 Å². The molecule has 4 aromatic rings. The first-order valence-corrected chi connectivity index (χ1v) is 17.3. The van der Waals surface area contributed by atoms with Crippen LogP contribution in [-0.2, 0) is 32.6 Å². The van der Waals surface area contributed by atoms with E-state index in [1.54, 1.807) is 61.5 Å². The molecule has 0 radical (unpaired) electrons. The highest BCUT2D eigenvalue weighted by Crippen LogP contribution is 2.32. The molecule has 0 unspecified atom stereocenters. The van der Waals surface area contributed by atoms with Crippen molar-refractivity contribution in [3.05, 3.63) is 129 Å². The van der Waals surface area contributed by atoms with Gasteiger partial charge in [0.05, 0.1) is 10.6 Å². The van der Waals surface area contributed by atoms with Crippen LogP contribution in [0.4, 0.5) is 5.69 Å². The molecular formula is C36H39Cl2N3O4S. The Balaban J connectivity index is 1.84. The van der Waals surface area contributed by atoms with E-state index >= 15 is 0 Å². The SMILES string of the molecule is Cc1ccc(S(=O)(=O)N(CC(=O)N(Cc2ccccc2Cl)[C@@H](Cc2ccccc2)C(=O)NCC(C)C)c2cccc(Cl)c2C)cc1. The molecule has 242 valence electrons. The summed E-state index contributed by atoms with van der Waals surface area (Å²) >= 11 is 13.0. The van der Waals surface area contributed by atoms with Crippen LogP contribution in [0.2, 0.25) is 10.0 Å². The van der Waals surface area contributed by atoms with E-state index in [2.05, 4.69) is 5.32 Å². The van der Waals surface area contributed by atoms with Gasteiger partial charge < -0.3 is 10.2 Å². The predicted molar refractivity (Wildman–Crippen MR) is 186 cm³/mol. The molecule has 7 nitrogen and oxygen atoms in total. The standard InChI is InChI=1S/C36H39Cl2N3O4S/c1-25(2)22-39-36(43)34(21-28-11-6-5-7-12-28)40(23-29-13-8-9-14-32(29)38)35(42)24-41(33-16-10-15-31(37)27(33)4)46(44,45)30-19-17-26(3)18-20-30/h5-20,25,34H,21-24H2,1-4H3,(H,39,43)/t34-/m0/s1. The van der Waals surface area contributed by atoms with E-state index in [4.69, 9.17) is 23.2 Å². The lowest BCUT2D eigenvalue weighted by atomic mass is 10.0. The largest absolute Gasteiger partial charge is 0.354 e. The predicted octanol–water partition coefficient (Wildman–Crippen LogP) is 7.22. The Morgan fingerprint density at radius 2 is 1.43 bits per heavy atom. The molecule has 1 atom stereocenters. The van der Waals surface area contributed by atoms with Crippen LogP contribution in [0.15, 0.2) is 102 Å². The van der Waals surface area contributed by atoms with Gasteiger partial charge in [0.15, 0.2) is 0 Å². The number of halogens is 2. The topological polar surface area (TPSA) is 86.8 Å². The summed E-state index contributed by atoms with van der Waals surface area (Å²) in [7, 11) is -4.25. The van der Waals surface area contributed by atoms with Crippen molar-refractivity contribution >= 4 is 50.7 Å². The first kappa shape index (κ1) is 35.0. The average molecular weight is 681 g/mol. The molecule has 2 amide bonds. The molecule has 1 N–H and O–H groups in total. The molecule has 0 heterocycles. The molecule has 4 aromatic carbocycles. The van der Waals surface area contributed by atoms with E-state index in [-0.39, 0.29) is 35.4 Å². The summed E-state index contributed by atoms with van der Waals surface area (Å²) in [6, 6.07) is 26.9. The smallest absolute Gasteiger partial charge is 0.264 e. The van der Waals surface area contributed by atoms with Gasteiger partial charge in [-0.05, 0) is 66.8 Å². The Hall–Kier alpha value is -3.85. The molecule has 0 spiro atoms. The summed E-state index contributed by atoms with van der Waals surface area (Å²) in [6.07, 6.45) is 0.210. The molecule has 0 aliphatic rings. The zero-order chi connectivity index (χ0) is 33.4. The zero-order valence-corrected chi connectivity index (χ0v) is 28.7. The highest BCUT2D eigenvalue weighted by molar-refractivity contribution is 7.92. The van der Waals surface area contributed by atoms with Gasteiger partial charge in [-0.2, -0.15) is 0 Å². The number of sulfonamides is 1. The second kappa shape index (κ2) is 15.6. The number of benzene rings is 4. The van der Waals surface area contributed by atoms with E-state index in [1.807, 2.05) is 51.1 Å². The summed E-state index contributed by atoms with van der Waals surface area (Å²) in [6.45, 7) is 7.36. The summed E-state index contributed by atoms with van der Waals surface area (Å²) in [5, 5.41) is 3.77. The van der Waals surface area contributed by atoms with Crippen LogP contribution in [0.3, 0.4) is 0 Å². The van der Waals surface area contributed by atoms with Crippen molar-refractivity contribution in [3.63, 3.8) is 0 Å². The normalized spacial score (nSPS) is 12.1. The maximum absolute atomic E-state index is 14.6. The van der Waals surface area contributed by atoms with Crippen molar-refractivity contribution in [3.8, 4) is 0 Å². The lowest BCUT2D eigenvalue weighted by Gasteiger charge is -2.34. The number of nitrogens with zero attached hydrogens (tertiary/aromatic N) is 2. The summed E-state index contributed by atoms with van der Waals surface area (Å²) in [4.78, 5) is 30.0. The third-order valence-corrected chi connectivity index (χ3v) is 10.2. The molecule has 0 aromatic heterocycles. The van der Waals surface area contributed by atoms with Gasteiger partial charge >= 0.3 is 0 Å². The monoisotopic (exact) mass is 679 g/mol. The summed E-state index contributed by atoms with van der Waals surface area (Å²) < 4.78 is 29.6. The molecular weight excluding hydrogens is 641 g/mol. The average Bonchev–Trinajstić information content (AvgIpc) is 3.03. The van der Waals surface area contributed by atoms with Crippen molar-refractivity contribution in [1.82, 2.24) is 10.2 Å². The van der Waals surface area contributed by atoms with Crippen LogP contribution in [0.5, 0.6) is 0 Å². The van der Waals surface area contributed by atoms with Gasteiger partial charge in [0.1, 0.15) is 12.6 Å². The Bertz CT molecular complexity index is 1760. The third kappa shape index (κ3) is 8.69. The first-order valence-electron chi connectivity index (χ1n) is 15.1. The number of nitrogens with one attached hydrogen (secondary N) is 1. The van der Waals surface area contributed by atoms with Crippen LogP contribution in [0, 0.1) is 19.8 Å². The van der Waals surface area contributed by atoms with Crippen LogP contribution in [0.25, 0.3) is 0 Å². The molecule has 0 bridgehead atoms. The molecule has 10 heteroatoms. The fourth-order valence-corrected chi connectivity index (χ4v) is 6.84. The second-order valence-electron chi connectivity index (χ2n) is 11.7. The highest BCUT2D eigenvalue weighted by atomic mass is 35.5. The second-order valence-corrected chi connectivity index (χ2v) is 14.3. The minimum absolute atomic E-state index is 0.0158. The zero-order valence-electron chi connectivity index (χ0n) is 26.4. The van der Waals surface area contributed by atoms with Crippen LogP contribution < -0.4 is 9.62 Å². The van der Waals surface area contributed by atoms with Gasteiger partial charge in [0, 0.05) is 29.6 Å². The molecule has 0 saturated heterocycles. The molecule has 0 aliphatic heterocycles. The van der Waals surface area contributed by atoms with Crippen LogP contribution in [-0.4, -0.2) is 44.3 Å². The summed E-state index contributed by atoms with van der Waals surface area (Å²) in [5.41, 5.74) is 3.13. The number of hydrogen-bond acceptors (Lipinski definition) is 4. The van der Waals surface area contributed by atoms with Gasteiger partial charge in [-0.1, -0.05) is 109 Å². The van der Waals surface area contributed by atoms with E-state index in [1.165, 1.54) is 17.0 Å².